The van der Waals surface area contributed by atoms with Crippen molar-refractivity contribution < 1.29 is 0 Å². The van der Waals surface area contributed by atoms with Gasteiger partial charge in [0.1, 0.15) is 11.6 Å². The molecule has 1 saturated heterocycles. The Balaban J connectivity index is 1.28. The maximum absolute atomic E-state index is 5.05. The number of hydrogen-bond donors (Lipinski definition) is 0. The first-order chi connectivity index (χ1) is 16.2. The topological polar surface area (TPSA) is 42.1 Å². The van der Waals surface area contributed by atoms with E-state index in [1.807, 2.05) is 0 Å². The van der Waals surface area contributed by atoms with Gasteiger partial charge in [-0.05, 0) is 87.1 Å². The van der Waals surface area contributed by atoms with Crippen LogP contribution in [0, 0.1) is 41.5 Å². The summed E-state index contributed by atoms with van der Waals surface area (Å²) in [5, 5.41) is 0. The highest BCUT2D eigenvalue weighted by Crippen LogP contribution is 2.27. The van der Waals surface area contributed by atoms with Crippen LogP contribution in [0.25, 0.3) is 22.1 Å². The molecule has 2 aromatic heterocycles. The Morgan fingerprint density at radius 1 is 0.588 bits per heavy atom. The van der Waals surface area contributed by atoms with Gasteiger partial charge in [-0.2, -0.15) is 0 Å². The lowest BCUT2D eigenvalue weighted by Crippen LogP contribution is -2.45. The lowest BCUT2D eigenvalue weighted by atomic mass is 10.0. The number of hydrogen-bond acceptors (Lipinski definition) is 4. The van der Waals surface area contributed by atoms with E-state index < -0.39 is 0 Å². The first-order valence-electron chi connectivity index (χ1n) is 12.4. The standard InChI is InChI=1S/C28H38N6/c1-17-13-23-27(21(5)19(17)3)29-25(31(23)7)15-33-9-11-34(12-10-33)16-26-30-28-22(6)20(4)18(2)14-24(28)32(26)8/h13-14H,9-12,15-16H2,1-8H3. The average Bonchev–Trinajstić information content (AvgIpc) is 3.29. The summed E-state index contributed by atoms with van der Waals surface area (Å²) < 4.78 is 4.57. The number of rotatable bonds is 4. The second kappa shape index (κ2) is 8.51. The van der Waals surface area contributed by atoms with Crippen molar-refractivity contribution in [2.24, 2.45) is 14.1 Å². The minimum Gasteiger partial charge on any atom is -0.330 e. The predicted molar refractivity (Wildman–Crippen MR) is 140 cm³/mol. The summed E-state index contributed by atoms with van der Waals surface area (Å²) in [4.78, 5) is 15.2. The Morgan fingerprint density at radius 3 is 1.29 bits per heavy atom. The molecule has 34 heavy (non-hydrogen) atoms. The van der Waals surface area contributed by atoms with Gasteiger partial charge in [0.2, 0.25) is 0 Å². The molecule has 0 atom stereocenters. The van der Waals surface area contributed by atoms with Gasteiger partial charge >= 0.3 is 0 Å². The molecule has 6 heteroatoms. The van der Waals surface area contributed by atoms with Gasteiger partial charge in [-0.15, -0.1) is 0 Å². The van der Waals surface area contributed by atoms with Crippen molar-refractivity contribution in [3.8, 4) is 0 Å². The first kappa shape index (κ1) is 23.1. The molecule has 0 saturated carbocycles. The van der Waals surface area contributed by atoms with E-state index in [2.05, 4.69) is 86.7 Å². The quantitative estimate of drug-likeness (QED) is 0.447. The fourth-order valence-corrected chi connectivity index (χ4v) is 5.36. The molecular weight excluding hydrogens is 420 g/mol. The summed E-state index contributed by atoms with van der Waals surface area (Å²) in [5.74, 6) is 2.32. The summed E-state index contributed by atoms with van der Waals surface area (Å²) in [6.07, 6.45) is 0. The molecule has 0 bridgehead atoms. The summed E-state index contributed by atoms with van der Waals surface area (Å²) in [7, 11) is 4.32. The smallest absolute Gasteiger partial charge is 0.123 e. The van der Waals surface area contributed by atoms with Crippen LogP contribution in [0.3, 0.4) is 0 Å². The largest absolute Gasteiger partial charge is 0.330 e. The van der Waals surface area contributed by atoms with E-state index in [-0.39, 0.29) is 0 Å². The molecule has 180 valence electrons. The number of nitrogens with zero attached hydrogens (tertiary/aromatic N) is 6. The SMILES string of the molecule is Cc1cc2c(nc(CN3CCN(Cc4nc5c(C)c(C)c(C)cc5n4C)CC3)n2C)c(C)c1C. The number of aromatic nitrogens is 4. The zero-order valence-electron chi connectivity index (χ0n) is 22.1. The van der Waals surface area contributed by atoms with Crippen LogP contribution in [0.15, 0.2) is 12.1 Å². The van der Waals surface area contributed by atoms with Crippen molar-refractivity contribution in [3.63, 3.8) is 0 Å². The lowest BCUT2D eigenvalue weighted by Gasteiger charge is -2.34. The van der Waals surface area contributed by atoms with E-state index in [0.29, 0.717) is 0 Å². The molecule has 0 unspecified atom stereocenters. The van der Waals surface area contributed by atoms with Crippen LogP contribution >= 0.6 is 0 Å². The Morgan fingerprint density at radius 2 is 0.941 bits per heavy atom. The number of benzene rings is 2. The molecule has 1 aliphatic heterocycles. The third-order valence-corrected chi connectivity index (χ3v) is 8.38. The Hall–Kier alpha value is -2.70. The zero-order chi connectivity index (χ0) is 24.3. The molecule has 0 spiro atoms. The van der Waals surface area contributed by atoms with Crippen molar-refractivity contribution in [1.29, 1.82) is 0 Å². The van der Waals surface area contributed by atoms with E-state index in [1.54, 1.807) is 0 Å². The number of imidazole rings is 2. The van der Waals surface area contributed by atoms with Gasteiger partial charge < -0.3 is 9.13 Å². The van der Waals surface area contributed by atoms with Crippen LogP contribution in [0.1, 0.15) is 45.0 Å². The van der Waals surface area contributed by atoms with Gasteiger partial charge in [-0.25, -0.2) is 9.97 Å². The van der Waals surface area contributed by atoms with Crippen molar-refractivity contribution >= 4 is 22.1 Å². The molecule has 5 rings (SSSR count). The normalized spacial score (nSPS) is 15.8. The molecule has 1 fully saturated rings. The molecule has 0 N–H and O–H groups in total. The Labute approximate surface area is 203 Å². The van der Waals surface area contributed by atoms with Crippen LogP contribution in [-0.2, 0) is 27.2 Å². The fourth-order valence-electron chi connectivity index (χ4n) is 5.36. The number of aryl methyl sites for hydroxylation is 6. The Bertz CT molecular complexity index is 1290. The monoisotopic (exact) mass is 458 g/mol. The molecule has 0 radical (unpaired) electrons. The molecule has 2 aromatic carbocycles. The Kier molecular flexibility index (Phi) is 5.77. The van der Waals surface area contributed by atoms with Gasteiger partial charge in [0, 0.05) is 40.3 Å². The van der Waals surface area contributed by atoms with E-state index in [9.17, 15) is 0 Å². The van der Waals surface area contributed by atoms with Crippen molar-refractivity contribution in [2.45, 2.75) is 54.6 Å². The molecule has 1 aliphatic rings. The second-order valence-electron chi connectivity index (χ2n) is 10.3. The van der Waals surface area contributed by atoms with Crippen LogP contribution in [0.2, 0.25) is 0 Å². The van der Waals surface area contributed by atoms with Crippen LogP contribution < -0.4 is 0 Å². The maximum atomic E-state index is 5.05. The third-order valence-electron chi connectivity index (χ3n) is 8.38. The summed E-state index contributed by atoms with van der Waals surface area (Å²) in [6.45, 7) is 19.2. The molecule has 3 heterocycles. The highest BCUT2D eigenvalue weighted by atomic mass is 15.3. The molecule has 6 nitrogen and oxygen atoms in total. The van der Waals surface area contributed by atoms with Crippen molar-refractivity contribution in [1.82, 2.24) is 28.9 Å². The van der Waals surface area contributed by atoms with Gasteiger partial charge in [-0.3, -0.25) is 9.80 Å². The van der Waals surface area contributed by atoms with E-state index in [0.717, 1.165) is 62.0 Å². The summed E-state index contributed by atoms with van der Waals surface area (Å²) in [5.41, 5.74) is 12.8. The molecule has 0 aliphatic carbocycles. The van der Waals surface area contributed by atoms with Gasteiger partial charge in [0.05, 0.1) is 35.2 Å². The minimum absolute atomic E-state index is 0.903. The predicted octanol–water partition coefficient (Wildman–Crippen LogP) is 4.63. The zero-order valence-corrected chi connectivity index (χ0v) is 22.1. The van der Waals surface area contributed by atoms with Crippen molar-refractivity contribution in [3.05, 3.63) is 57.2 Å². The van der Waals surface area contributed by atoms with Gasteiger partial charge in [-0.1, -0.05) is 0 Å². The van der Waals surface area contributed by atoms with Gasteiger partial charge in [0.15, 0.2) is 0 Å². The summed E-state index contributed by atoms with van der Waals surface area (Å²) >= 11 is 0. The van der Waals surface area contributed by atoms with Crippen LogP contribution in [0.4, 0.5) is 0 Å². The number of fused-ring (bicyclic) bond motifs is 2. The van der Waals surface area contributed by atoms with E-state index in [1.165, 1.54) is 44.4 Å². The molecular formula is C28H38N6. The minimum atomic E-state index is 0.903. The van der Waals surface area contributed by atoms with Crippen LogP contribution in [0.5, 0.6) is 0 Å². The summed E-state index contributed by atoms with van der Waals surface area (Å²) in [6, 6.07) is 4.57. The fraction of sp³-hybridized carbons (Fsp3) is 0.500. The first-order valence-corrected chi connectivity index (χ1v) is 12.4. The van der Waals surface area contributed by atoms with Crippen LogP contribution in [-0.4, -0.2) is 55.1 Å². The third kappa shape index (κ3) is 3.73. The maximum Gasteiger partial charge on any atom is 0.123 e. The molecule has 4 aromatic rings. The number of piperazine rings is 1. The van der Waals surface area contributed by atoms with Crippen molar-refractivity contribution in [2.75, 3.05) is 26.2 Å². The average molecular weight is 459 g/mol. The van der Waals surface area contributed by atoms with Gasteiger partial charge in [0.25, 0.3) is 0 Å². The highest BCUT2D eigenvalue weighted by Gasteiger charge is 2.22. The highest BCUT2D eigenvalue weighted by molar-refractivity contribution is 5.82. The second-order valence-corrected chi connectivity index (χ2v) is 10.3. The van der Waals surface area contributed by atoms with E-state index in [4.69, 9.17) is 9.97 Å². The molecule has 0 amide bonds. The van der Waals surface area contributed by atoms with E-state index >= 15 is 0 Å². The lowest BCUT2D eigenvalue weighted by molar-refractivity contribution is 0.116.